The van der Waals surface area contributed by atoms with Gasteiger partial charge in [0, 0.05) is 4.88 Å². The molecule has 8 heteroatoms. The van der Waals surface area contributed by atoms with Gasteiger partial charge < -0.3 is 9.47 Å². The molecule has 1 aromatic heterocycles. The Balaban J connectivity index is 1.64. The molecule has 174 valence electrons. The van der Waals surface area contributed by atoms with E-state index in [2.05, 4.69) is 16.9 Å². The zero-order valence-corrected chi connectivity index (χ0v) is 20.5. The standard InChI is InChI=1S/C26H23NO5S2/c1-17-9-10-19(18-7-5-4-6-8-18)15-21(17)24-13-14-25(33-24)34(29,30)27-22-12-11-20(26(28)32-3)16-23(22)31-2/h4-16,27H,1-3H3. The lowest BCUT2D eigenvalue weighted by Crippen LogP contribution is -2.12. The number of methoxy groups -OCH3 is 2. The molecule has 4 rings (SSSR count). The van der Waals surface area contributed by atoms with E-state index in [-0.39, 0.29) is 21.2 Å². The lowest BCUT2D eigenvalue weighted by molar-refractivity contribution is 0.0600. The van der Waals surface area contributed by atoms with Crippen molar-refractivity contribution in [2.24, 2.45) is 0 Å². The average molecular weight is 494 g/mol. The Kier molecular flexibility index (Phi) is 6.72. The zero-order chi connectivity index (χ0) is 24.3. The number of nitrogens with one attached hydrogen (secondary N) is 1. The van der Waals surface area contributed by atoms with Crippen molar-refractivity contribution in [3.8, 4) is 27.3 Å². The summed E-state index contributed by atoms with van der Waals surface area (Å²) in [6, 6.07) is 24.0. The van der Waals surface area contributed by atoms with E-state index in [0.717, 1.165) is 27.1 Å². The predicted octanol–water partition coefficient (Wildman–Crippen LogP) is 5.99. The van der Waals surface area contributed by atoms with Gasteiger partial charge in [0.05, 0.1) is 25.5 Å². The van der Waals surface area contributed by atoms with E-state index in [4.69, 9.17) is 9.47 Å². The third-order valence-electron chi connectivity index (χ3n) is 5.32. The second-order valence-electron chi connectivity index (χ2n) is 7.53. The van der Waals surface area contributed by atoms with E-state index >= 15 is 0 Å². The van der Waals surface area contributed by atoms with Crippen LogP contribution in [0.1, 0.15) is 15.9 Å². The van der Waals surface area contributed by atoms with Crippen LogP contribution in [0.15, 0.2) is 83.1 Å². The van der Waals surface area contributed by atoms with Crippen LogP contribution in [0.5, 0.6) is 5.75 Å². The Morgan fingerprint density at radius 2 is 1.65 bits per heavy atom. The number of sulfonamides is 1. The molecule has 0 bridgehead atoms. The summed E-state index contributed by atoms with van der Waals surface area (Å²) < 4.78 is 38.9. The molecule has 0 aliphatic rings. The summed E-state index contributed by atoms with van der Waals surface area (Å²) >= 11 is 1.19. The topological polar surface area (TPSA) is 81.7 Å². The maximum atomic E-state index is 13.1. The van der Waals surface area contributed by atoms with Crippen molar-refractivity contribution in [2.45, 2.75) is 11.1 Å². The van der Waals surface area contributed by atoms with Gasteiger partial charge in [-0.05, 0) is 65.6 Å². The van der Waals surface area contributed by atoms with Crippen LogP contribution in [0.25, 0.3) is 21.6 Å². The number of aryl methyl sites for hydroxylation is 1. The molecular weight excluding hydrogens is 470 g/mol. The van der Waals surface area contributed by atoms with Crippen LogP contribution in [-0.2, 0) is 14.8 Å². The molecule has 1 heterocycles. The van der Waals surface area contributed by atoms with Crippen LogP contribution in [0.4, 0.5) is 5.69 Å². The first-order valence-corrected chi connectivity index (χ1v) is 12.7. The van der Waals surface area contributed by atoms with Gasteiger partial charge in [-0.25, -0.2) is 13.2 Å². The number of hydrogen-bond acceptors (Lipinski definition) is 6. The van der Waals surface area contributed by atoms with E-state index in [9.17, 15) is 13.2 Å². The van der Waals surface area contributed by atoms with Crippen LogP contribution in [0, 0.1) is 6.92 Å². The third-order valence-corrected chi connectivity index (χ3v) is 8.30. The van der Waals surface area contributed by atoms with Crippen LogP contribution in [0.2, 0.25) is 0 Å². The van der Waals surface area contributed by atoms with E-state index < -0.39 is 16.0 Å². The Morgan fingerprint density at radius 1 is 0.882 bits per heavy atom. The summed E-state index contributed by atoms with van der Waals surface area (Å²) in [4.78, 5) is 12.6. The van der Waals surface area contributed by atoms with Crippen molar-refractivity contribution in [2.75, 3.05) is 18.9 Å². The van der Waals surface area contributed by atoms with Gasteiger partial charge in [-0.1, -0.05) is 42.5 Å². The molecule has 0 unspecified atom stereocenters. The Bertz CT molecular complexity index is 1440. The zero-order valence-electron chi connectivity index (χ0n) is 18.9. The molecule has 3 aromatic carbocycles. The Hall–Kier alpha value is -3.62. The van der Waals surface area contributed by atoms with Crippen molar-refractivity contribution in [3.05, 3.63) is 90.0 Å². The van der Waals surface area contributed by atoms with Gasteiger partial charge in [0.15, 0.2) is 0 Å². The fourth-order valence-corrected chi connectivity index (χ4v) is 5.98. The van der Waals surface area contributed by atoms with Crippen LogP contribution < -0.4 is 9.46 Å². The Labute approximate surface area is 202 Å². The molecule has 1 N–H and O–H groups in total. The maximum absolute atomic E-state index is 13.1. The minimum Gasteiger partial charge on any atom is -0.495 e. The van der Waals surface area contributed by atoms with Gasteiger partial charge in [-0.3, -0.25) is 4.72 Å². The van der Waals surface area contributed by atoms with Gasteiger partial charge >= 0.3 is 5.97 Å². The molecule has 0 fully saturated rings. The number of carbonyl (C=O) groups is 1. The summed E-state index contributed by atoms with van der Waals surface area (Å²) in [5.74, 6) is -0.321. The molecule has 0 saturated heterocycles. The molecule has 0 atom stereocenters. The van der Waals surface area contributed by atoms with Gasteiger partial charge in [0.2, 0.25) is 0 Å². The fourth-order valence-electron chi connectivity index (χ4n) is 3.52. The largest absolute Gasteiger partial charge is 0.495 e. The first kappa shape index (κ1) is 23.5. The van der Waals surface area contributed by atoms with Crippen molar-refractivity contribution < 1.29 is 22.7 Å². The molecular formula is C26H23NO5S2. The number of thiophene rings is 1. The highest BCUT2D eigenvalue weighted by atomic mass is 32.2. The minimum absolute atomic E-state index is 0.172. The van der Waals surface area contributed by atoms with Crippen molar-refractivity contribution >= 4 is 33.0 Å². The quantitative estimate of drug-likeness (QED) is 0.320. The Morgan fingerprint density at radius 3 is 2.35 bits per heavy atom. The van der Waals surface area contributed by atoms with Gasteiger partial charge in [-0.2, -0.15) is 0 Å². The smallest absolute Gasteiger partial charge is 0.337 e. The molecule has 0 amide bonds. The summed E-state index contributed by atoms with van der Waals surface area (Å²) in [6.07, 6.45) is 0. The van der Waals surface area contributed by atoms with Crippen molar-refractivity contribution in [1.82, 2.24) is 0 Å². The highest BCUT2D eigenvalue weighted by molar-refractivity contribution is 7.94. The predicted molar refractivity (Wildman–Crippen MR) is 135 cm³/mol. The maximum Gasteiger partial charge on any atom is 0.337 e. The molecule has 34 heavy (non-hydrogen) atoms. The number of esters is 1. The number of rotatable bonds is 7. The molecule has 0 aliphatic carbocycles. The minimum atomic E-state index is -3.87. The summed E-state index contributed by atoms with van der Waals surface area (Å²) in [5, 5.41) is 0. The monoisotopic (exact) mass is 493 g/mol. The van der Waals surface area contributed by atoms with E-state index in [1.807, 2.05) is 49.4 Å². The number of hydrogen-bond donors (Lipinski definition) is 1. The second-order valence-corrected chi connectivity index (χ2v) is 10.5. The highest BCUT2D eigenvalue weighted by Gasteiger charge is 2.21. The lowest BCUT2D eigenvalue weighted by Gasteiger charge is -2.12. The summed E-state index contributed by atoms with van der Waals surface area (Å²) in [7, 11) is -1.20. The second kappa shape index (κ2) is 9.70. The molecule has 0 saturated carbocycles. The van der Waals surface area contributed by atoms with Crippen molar-refractivity contribution in [1.29, 1.82) is 0 Å². The van der Waals surface area contributed by atoms with E-state index in [0.29, 0.717) is 0 Å². The van der Waals surface area contributed by atoms with Crippen LogP contribution in [0.3, 0.4) is 0 Å². The number of anilines is 1. The summed E-state index contributed by atoms with van der Waals surface area (Å²) in [6.45, 7) is 2.00. The molecule has 0 spiro atoms. The first-order chi connectivity index (χ1) is 16.3. The van der Waals surface area contributed by atoms with E-state index in [1.54, 1.807) is 6.07 Å². The lowest BCUT2D eigenvalue weighted by atomic mass is 9.99. The fraction of sp³-hybridized carbons (Fsp3) is 0.115. The number of carbonyl (C=O) groups excluding carboxylic acids is 1. The normalized spacial score (nSPS) is 11.1. The molecule has 0 radical (unpaired) electrons. The number of ether oxygens (including phenoxy) is 2. The van der Waals surface area contributed by atoms with Crippen LogP contribution >= 0.6 is 11.3 Å². The average Bonchev–Trinajstić information content (AvgIpc) is 3.35. The summed E-state index contributed by atoms with van der Waals surface area (Å²) in [5.41, 5.74) is 4.68. The van der Waals surface area contributed by atoms with Gasteiger partial charge in [0.1, 0.15) is 9.96 Å². The van der Waals surface area contributed by atoms with E-state index in [1.165, 1.54) is 43.8 Å². The third kappa shape index (κ3) is 4.83. The van der Waals surface area contributed by atoms with Crippen LogP contribution in [-0.4, -0.2) is 28.6 Å². The SMILES string of the molecule is COC(=O)c1ccc(NS(=O)(=O)c2ccc(-c3cc(-c4ccccc4)ccc3C)s2)c(OC)c1. The highest BCUT2D eigenvalue weighted by Crippen LogP contribution is 2.36. The number of benzene rings is 3. The van der Waals surface area contributed by atoms with Crippen molar-refractivity contribution in [3.63, 3.8) is 0 Å². The first-order valence-electron chi connectivity index (χ1n) is 10.4. The van der Waals surface area contributed by atoms with Gasteiger partial charge in [0.25, 0.3) is 10.0 Å². The molecule has 0 aliphatic heterocycles. The molecule has 6 nitrogen and oxygen atoms in total. The van der Waals surface area contributed by atoms with Gasteiger partial charge in [-0.15, -0.1) is 11.3 Å². The molecule has 4 aromatic rings.